The zero-order chi connectivity index (χ0) is 29.8. The molecular weight excluding hydrogens is 538 g/mol. The number of carbonyl (C=O) groups is 1. The third kappa shape index (κ3) is 5.76. The Morgan fingerprint density at radius 2 is 1.33 bits per heavy atom. The van der Waals surface area contributed by atoms with E-state index in [1.165, 1.54) is 0 Å². The maximum atomic E-state index is 11.2. The van der Waals surface area contributed by atoms with Crippen molar-refractivity contribution in [3.63, 3.8) is 0 Å². The van der Waals surface area contributed by atoms with E-state index in [0.29, 0.717) is 35.8 Å². The van der Waals surface area contributed by atoms with Crippen molar-refractivity contribution >= 4 is 51.1 Å². The highest BCUT2D eigenvalue weighted by molar-refractivity contribution is 5.94. The summed E-state index contributed by atoms with van der Waals surface area (Å²) in [6, 6.07) is 20.1. The van der Waals surface area contributed by atoms with Crippen molar-refractivity contribution in [1.82, 2.24) is 25.3 Å². The molecule has 214 valence electrons. The summed E-state index contributed by atoms with van der Waals surface area (Å²) < 4.78 is 0. The second kappa shape index (κ2) is 12.3. The highest BCUT2D eigenvalue weighted by Gasteiger charge is 2.14. The van der Waals surface area contributed by atoms with Crippen LogP contribution in [-0.2, 0) is 6.54 Å². The first-order valence-corrected chi connectivity index (χ1v) is 14.0. The predicted molar refractivity (Wildman–Crippen MR) is 171 cm³/mol. The van der Waals surface area contributed by atoms with E-state index in [1.807, 2.05) is 48.7 Å². The summed E-state index contributed by atoms with van der Waals surface area (Å²) in [4.78, 5) is 29.5. The molecule has 0 saturated heterocycles. The van der Waals surface area contributed by atoms with Crippen molar-refractivity contribution in [2.24, 2.45) is 0 Å². The molecule has 9 nitrogen and oxygen atoms in total. The van der Waals surface area contributed by atoms with Gasteiger partial charge in [-0.1, -0.05) is 24.3 Å². The van der Waals surface area contributed by atoms with Crippen molar-refractivity contribution in [3.8, 4) is 11.1 Å². The molecule has 0 aliphatic rings. The molecule has 6 rings (SSSR count). The largest absolute Gasteiger partial charge is 0.395 e. The van der Waals surface area contributed by atoms with Crippen LogP contribution in [0.1, 0.15) is 27.0 Å². The molecule has 4 heterocycles. The van der Waals surface area contributed by atoms with Gasteiger partial charge in [0.25, 0.3) is 0 Å². The lowest BCUT2D eigenvalue weighted by Gasteiger charge is -2.18. The Morgan fingerprint density at radius 3 is 1.91 bits per heavy atom. The van der Waals surface area contributed by atoms with Crippen LogP contribution in [-0.4, -0.2) is 44.5 Å². The van der Waals surface area contributed by atoms with Crippen LogP contribution in [0, 0.1) is 13.8 Å². The SMILES string of the molecule is Cc1c(Nc2nccc3cc(C=O)cnc23)cccc1-c1cccc(Nc2nccc3cc(CNCCO)cnc23)c1C. The molecule has 4 N–H and O–H groups in total. The van der Waals surface area contributed by atoms with E-state index < -0.39 is 0 Å². The van der Waals surface area contributed by atoms with Gasteiger partial charge in [0, 0.05) is 65.6 Å². The van der Waals surface area contributed by atoms with Crippen molar-refractivity contribution < 1.29 is 9.90 Å². The van der Waals surface area contributed by atoms with Crippen LogP contribution in [0.3, 0.4) is 0 Å². The molecule has 4 aromatic heterocycles. The van der Waals surface area contributed by atoms with E-state index in [1.54, 1.807) is 18.6 Å². The number of aldehydes is 1. The van der Waals surface area contributed by atoms with Crippen LogP contribution in [0.2, 0.25) is 0 Å². The minimum absolute atomic E-state index is 0.0980. The maximum Gasteiger partial charge on any atom is 0.156 e. The Bertz CT molecular complexity index is 1960. The van der Waals surface area contributed by atoms with Crippen LogP contribution in [0.4, 0.5) is 23.0 Å². The number of fused-ring (bicyclic) bond motifs is 2. The number of nitrogens with zero attached hydrogens (tertiary/aromatic N) is 4. The molecule has 6 aromatic rings. The first-order valence-electron chi connectivity index (χ1n) is 14.0. The molecule has 0 amide bonds. The van der Waals surface area contributed by atoms with Crippen molar-refractivity contribution in [3.05, 3.63) is 108 Å². The van der Waals surface area contributed by atoms with Gasteiger partial charge in [-0.2, -0.15) is 0 Å². The first kappa shape index (κ1) is 27.9. The number of carbonyl (C=O) groups excluding carboxylic acids is 1. The second-order valence-corrected chi connectivity index (χ2v) is 10.3. The topological polar surface area (TPSA) is 125 Å². The Kier molecular flexibility index (Phi) is 7.99. The lowest BCUT2D eigenvalue weighted by atomic mass is 9.94. The number of anilines is 4. The number of pyridine rings is 4. The summed E-state index contributed by atoms with van der Waals surface area (Å²) in [5, 5.41) is 21.0. The smallest absolute Gasteiger partial charge is 0.156 e. The van der Waals surface area contributed by atoms with E-state index in [0.717, 1.165) is 61.8 Å². The molecule has 2 aromatic carbocycles. The number of aliphatic hydroxyl groups excluding tert-OH is 1. The molecule has 0 saturated carbocycles. The van der Waals surface area contributed by atoms with Gasteiger partial charge in [0.15, 0.2) is 17.9 Å². The molecule has 0 radical (unpaired) electrons. The van der Waals surface area contributed by atoms with Gasteiger partial charge in [-0.3, -0.25) is 14.8 Å². The van der Waals surface area contributed by atoms with E-state index >= 15 is 0 Å². The van der Waals surface area contributed by atoms with Gasteiger partial charge in [0.1, 0.15) is 11.0 Å². The molecule has 0 unspecified atom stereocenters. The zero-order valence-corrected chi connectivity index (χ0v) is 23.9. The normalized spacial score (nSPS) is 11.1. The summed E-state index contributed by atoms with van der Waals surface area (Å²) in [5.41, 5.74) is 9.25. The number of rotatable bonds is 10. The molecule has 43 heavy (non-hydrogen) atoms. The third-order valence-corrected chi connectivity index (χ3v) is 7.49. The fraction of sp³-hybridized carbons (Fsp3) is 0.147. The molecule has 0 spiro atoms. The summed E-state index contributed by atoms with van der Waals surface area (Å²) in [6.07, 6.45) is 7.69. The van der Waals surface area contributed by atoms with E-state index in [-0.39, 0.29) is 6.61 Å². The maximum absolute atomic E-state index is 11.2. The Hall–Kier alpha value is -5.25. The first-order chi connectivity index (χ1) is 21.1. The summed E-state index contributed by atoms with van der Waals surface area (Å²) in [6.45, 7) is 5.46. The highest BCUT2D eigenvalue weighted by atomic mass is 16.3. The minimum Gasteiger partial charge on any atom is -0.395 e. The Morgan fingerprint density at radius 1 is 0.744 bits per heavy atom. The molecule has 9 heteroatoms. The van der Waals surface area contributed by atoms with Crippen molar-refractivity contribution in [1.29, 1.82) is 0 Å². The van der Waals surface area contributed by atoms with Crippen LogP contribution in [0.25, 0.3) is 32.9 Å². The van der Waals surface area contributed by atoms with E-state index in [2.05, 4.69) is 62.9 Å². The lowest BCUT2D eigenvalue weighted by molar-refractivity contribution is 0.112. The van der Waals surface area contributed by atoms with Gasteiger partial charge in [-0.25, -0.2) is 9.97 Å². The number of hydrogen-bond acceptors (Lipinski definition) is 9. The number of benzene rings is 2. The predicted octanol–water partition coefficient (Wildman–Crippen LogP) is 6.24. The van der Waals surface area contributed by atoms with Crippen LogP contribution < -0.4 is 16.0 Å². The summed E-state index contributed by atoms with van der Waals surface area (Å²) >= 11 is 0. The van der Waals surface area contributed by atoms with Gasteiger partial charge in [0.05, 0.1) is 6.61 Å². The number of hydrogen-bond donors (Lipinski definition) is 4. The van der Waals surface area contributed by atoms with Gasteiger partial charge in [0.2, 0.25) is 0 Å². The monoisotopic (exact) mass is 569 g/mol. The average Bonchev–Trinajstić information content (AvgIpc) is 3.03. The second-order valence-electron chi connectivity index (χ2n) is 10.3. The molecular formula is C34H31N7O2. The summed E-state index contributed by atoms with van der Waals surface area (Å²) in [7, 11) is 0. The van der Waals surface area contributed by atoms with Crippen LogP contribution >= 0.6 is 0 Å². The number of nitrogens with one attached hydrogen (secondary N) is 3. The van der Waals surface area contributed by atoms with Crippen LogP contribution in [0.15, 0.2) is 85.5 Å². The van der Waals surface area contributed by atoms with E-state index in [9.17, 15) is 4.79 Å². The Balaban J connectivity index is 1.30. The number of aromatic nitrogens is 4. The third-order valence-electron chi connectivity index (χ3n) is 7.49. The minimum atomic E-state index is 0.0980. The molecule has 0 aliphatic heterocycles. The number of aliphatic hydroxyl groups is 1. The quantitative estimate of drug-likeness (QED) is 0.112. The van der Waals surface area contributed by atoms with Gasteiger partial charge in [-0.05, 0) is 78.1 Å². The van der Waals surface area contributed by atoms with Gasteiger partial charge in [-0.15, -0.1) is 0 Å². The van der Waals surface area contributed by atoms with Crippen molar-refractivity contribution in [2.45, 2.75) is 20.4 Å². The molecule has 0 aliphatic carbocycles. The zero-order valence-electron chi connectivity index (χ0n) is 23.9. The van der Waals surface area contributed by atoms with Crippen LogP contribution in [0.5, 0.6) is 0 Å². The highest BCUT2D eigenvalue weighted by Crippen LogP contribution is 2.36. The van der Waals surface area contributed by atoms with Gasteiger partial charge < -0.3 is 21.1 Å². The fourth-order valence-corrected chi connectivity index (χ4v) is 5.22. The molecule has 0 fully saturated rings. The standard InChI is InChI=1S/C34H31N7O2/c1-21-27(5-3-7-29(21)40-33-31-25(9-11-36-33)15-23(18-38-31)17-35-13-14-42)28-6-4-8-30(22(28)2)41-34-32-26(10-12-37-34)16-24(20-43)19-39-32/h3-12,15-16,18-20,35,42H,13-14,17H2,1-2H3,(H,36,40)(H,37,41). The Labute approximate surface area is 249 Å². The summed E-state index contributed by atoms with van der Waals surface area (Å²) in [5.74, 6) is 1.32. The molecule has 0 bridgehead atoms. The lowest BCUT2D eigenvalue weighted by Crippen LogP contribution is -2.17. The van der Waals surface area contributed by atoms with Gasteiger partial charge >= 0.3 is 0 Å². The van der Waals surface area contributed by atoms with Crippen molar-refractivity contribution in [2.75, 3.05) is 23.8 Å². The average molecular weight is 570 g/mol. The molecule has 0 atom stereocenters. The van der Waals surface area contributed by atoms with E-state index in [4.69, 9.17) is 10.1 Å². The fourth-order valence-electron chi connectivity index (χ4n) is 5.22.